The molecule has 0 unspecified atom stereocenters. The van der Waals surface area contributed by atoms with Crippen LogP contribution in [0.25, 0.3) is 0 Å². The standard InChI is InChI=1S/C58H95BrO12/c1-11-12-13-14-15-16-17-18-19-20-21-22-23-27-55(67)69-46(34-43(6)50(63)38-59)35-48(61)44(7)49(62)37-52(65)57(8,9)51(64)31-42(5)32-53(66)58(10)54-36-47(71-58)30-41(4)28-40(3)29-45(60)26-24-25-39(2)33-56(68)70-54/h24-25,28,32-33,44-49,51-54,60-62,64-66H,3,6,11-23,26-27,29-31,34-38H2,1-2,4-5,7-10H3/b25-24+,39-33+,41-28-,42-32+/t44-,45-,46+,47-,48+,49-,51-,52+,53+,54+,58+/m0/s1. The van der Waals surface area contributed by atoms with Crippen LogP contribution in [-0.4, -0.2) is 114 Å². The van der Waals surface area contributed by atoms with Crippen molar-refractivity contribution in [1.29, 1.82) is 0 Å². The van der Waals surface area contributed by atoms with E-state index in [-0.39, 0.29) is 48.8 Å². The van der Waals surface area contributed by atoms with E-state index < -0.39 is 83.8 Å². The Morgan fingerprint density at radius 1 is 0.901 bits per heavy atom. The lowest BCUT2D eigenvalue weighted by Crippen LogP contribution is -2.48. The Morgan fingerprint density at radius 3 is 2.07 bits per heavy atom. The molecule has 13 heteroatoms. The zero-order valence-electron chi connectivity index (χ0n) is 44.8. The summed E-state index contributed by atoms with van der Waals surface area (Å²) < 4.78 is 18.3. The molecule has 0 aromatic heterocycles. The summed E-state index contributed by atoms with van der Waals surface area (Å²) in [6.07, 6.45) is 16.8. The molecule has 0 radical (unpaired) electrons. The zero-order chi connectivity index (χ0) is 53.3. The highest BCUT2D eigenvalue weighted by Crippen LogP contribution is 2.40. The number of ketones is 1. The number of allylic oxidation sites excluding steroid dienone is 3. The summed E-state index contributed by atoms with van der Waals surface area (Å²) in [5.41, 5.74) is 0.717. The molecule has 71 heavy (non-hydrogen) atoms. The number of esters is 2. The van der Waals surface area contributed by atoms with Gasteiger partial charge in [0, 0.05) is 49.5 Å². The van der Waals surface area contributed by atoms with E-state index in [2.05, 4.69) is 36.0 Å². The minimum Gasteiger partial charge on any atom is -0.462 e. The number of halogens is 1. The number of Topliss-reactive ketones (excluding diaryl/α,β-unsaturated/α-hetero) is 1. The van der Waals surface area contributed by atoms with Crippen molar-refractivity contribution >= 4 is 33.7 Å². The number of carbonyl (C=O) groups excluding carboxylic acids is 3. The fraction of sp³-hybridized carbons (Fsp3) is 0.741. The van der Waals surface area contributed by atoms with Gasteiger partial charge in [0.2, 0.25) is 0 Å². The van der Waals surface area contributed by atoms with E-state index in [0.717, 1.165) is 30.4 Å². The van der Waals surface area contributed by atoms with Crippen LogP contribution < -0.4 is 0 Å². The van der Waals surface area contributed by atoms with E-state index in [0.29, 0.717) is 43.3 Å². The van der Waals surface area contributed by atoms with Crippen molar-refractivity contribution in [3.05, 3.63) is 71.4 Å². The number of hydrogen-bond acceptors (Lipinski definition) is 12. The lowest BCUT2D eigenvalue weighted by Gasteiger charge is -2.38. The van der Waals surface area contributed by atoms with E-state index >= 15 is 0 Å². The van der Waals surface area contributed by atoms with Gasteiger partial charge < -0.3 is 44.8 Å². The van der Waals surface area contributed by atoms with Crippen LogP contribution in [0.15, 0.2) is 71.4 Å². The molecule has 0 spiro atoms. The fourth-order valence-electron chi connectivity index (χ4n) is 9.51. The molecule has 0 amide bonds. The molecule has 0 aromatic rings. The number of carbonyl (C=O) groups is 3. The Bertz CT molecular complexity index is 1780. The summed E-state index contributed by atoms with van der Waals surface area (Å²) in [6.45, 7) is 22.4. The quantitative estimate of drug-likeness (QED) is 0.0126. The molecule has 406 valence electrons. The van der Waals surface area contributed by atoms with Crippen molar-refractivity contribution in [2.45, 2.75) is 257 Å². The molecule has 12 nitrogen and oxygen atoms in total. The molecule has 2 bridgehead atoms. The van der Waals surface area contributed by atoms with Crippen molar-refractivity contribution in [3.63, 3.8) is 0 Å². The molecule has 0 aromatic carbocycles. The van der Waals surface area contributed by atoms with Gasteiger partial charge in [-0.1, -0.05) is 175 Å². The van der Waals surface area contributed by atoms with Crippen LogP contribution in [0.3, 0.4) is 0 Å². The van der Waals surface area contributed by atoms with Gasteiger partial charge in [-0.05, 0) is 70.9 Å². The highest BCUT2D eigenvalue weighted by Gasteiger charge is 2.51. The minimum atomic E-state index is -1.35. The largest absolute Gasteiger partial charge is 0.462 e. The van der Waals surface area contributed by atoms with Gasteiger partial charge in [0.25, 0.3) is 0 Å². The second kappa shape index (κ2) is 33.2. The van der Waals surface area contributed by atoms with Gasteiger partial charge in [-0.25, -0.2) is 4.79 Å². The lowest BCUT2D eigenvalue weighted by molar-refractivity contribution is -0.163. The van der Waals surface area contributed by atoms with Crippen molar-refractivity contribution in [2.24, 2.45) is 11.3 Å². The maximum absolute atomic E-state index is 13.1. The number of aliphatic hydroxyl groups is 6. The lowest BCUT2D eigenvalue weighted by atomic mass is 9.75. The Labute approximate surface area is 436 Å². The van der Waals surface area contributed by atoms with Crippen molar-refractivity contribution in [1.82, 2.24) is 0 Å². The third-order valence-corrected chi connectivity index (χ3v) is 15.2. The first kappa shape index (κ1) is 64.4. The van der Waals surface area contributed by atoms with Gasteiger partial charge in [0.15, 0.2) is 5.78 Å². The summed E-state index contributed by atoms with van der Waals surface area (Å²) >= 11 is 3.17. The number of rotatable bonds is 31. The van der Waals surface area contributed by atoms with E-state index in [1.165, 1.54) is 63.9 Å². The normalized spacial score (nSPS) is 25.6. The zero-order valence-corrected chi connectivity index (χ0v) is 46.4. The van der Waals surface area contributed by atoms with Crippen molar-refractivity contribution < 1.29 is 59.2 Å². The van der Waals surface area contributed by atoms with Crippen molar-refractivity contribution in [2.75, 3.05) is 5.33 Å². The molecular formula is C58H95BrO12. The van der Waals surface area contributed by atoms with Gasteiger partial charge >= 0.3 is 11.9 Å². The molecule has 0 aliphatic carbocycles. The minimum absolute atomic E-state index is 0.0323. The number of hydrogen-bond donors (Lipinski definition) is 6. The Kier molecular flexibility index (Phi) is 30.1. The van der Waals surface area contributed by atoms with E-state index in [4.69, 9.17) is 14.2 Å². The molecule has 1 saturated heterocycles. The van der Waals surface area contributed by atoms with Gasteiger partial charge in [-0.15, -0.1) is 0 Å². The van der Waals surface area contributed by atoms with Gasteiger partial charge in [-0.2, -0.15) is 0 Å². The molecule has 2 heterocycles. The molecule has 11 atom stereocenters. The summed E-state index contributed by atoms with van der Waals surface area (Å²) in [5, 5.41) is 68.1. The van der Waals surface area contributed by atoms with E-state index in [1.54, 1.807) is 59.8 Å². The average Bonchev–Trinajstić information content (AvgIpc) is 3.60. The van der Waals surface area contributed by atoms with Gasteiger partial charge in [-0.3, -0.25) is 9.59 Å². The monoisotopic (exact) mass is 1060 g/mol. The number of fused-ring (bicyclic) bond motifs is 2. The summed E-state index contributed by atoms with van der Waals surface area (Å²) in [4.78, 5) is 38.6. The van der Waals surface area contributed by atoms with Crippen LogP contribution in [-0.2, 0) is 28.6 Å². The number of unbranched alkanes of at least 4 members (excludes halogenated alkanes) is 12. The topological polar surface area (TPSA) is 200 Å². The molecule has 2 aliphatic heterocycles. The molecule has 2 aliphatic rings. The highest BCUT2D eigenvalue weighted by atomic mass is 79.9. The van der Waals surface area contributed by atoms with Crippen LogP contribution in [0.4, 0.5) is 0 Å². The third-order valence-electron chi connectivity index (χ3n) is 14.6. The average molecular weight is 1060 g/mol. The van der Waals surface area contributed by atoms with E-state index in [9.17, 15) is 45.0 Å². The van der Waals surface area contributed by atoms with E-state index in [1.807, 2.05) is 13.0 Å². The summed E-state index contributed by atoms with van der Waals surface area (Å²) in [7, 11) is 0. The highest BCUT2D eigenvalue weighted by molar-refractivity contribution is 9.09. The first-order valence-electron chi connectivity index (χ1n) is 26.7. The number of alkyl halides is 1. The Morgan fingerprint density at radius 2 is 1.48 bits per heavy atom. The first-order valence-corrected chi connectivity index (χ1v) is 27.9. The van der Waals surface area contributed by atoms with Crippen LogP contribution in [0.2, 0.25) is 0 Å². The maximum atomic E-state index is 13.1. The second-order valence-corrected chi connectivity index (χ2v) is 22.3. The number of aliphatic hydroxyl groups excluding tert-OH is 6. The predicted octanol–water partition coefficient (Wildman–Crippen LogP) is 10.9. The second-order valence-electron chi connectivity index (χ2n) is 21.8. The van der Waals surface area contributed by atoms with Crippen molar-refractivity contribution in [3.8, 4) is 0 Å². The Balaban J connectivity index is 2.04. The molecule has 1 fully saturated rings. The Hall–Kier alpha value is -2.75. The first-order chi connectivity index (χ1) is 33.4. The predicted molar refractivity (Wildman–Crippen MR) is 287 cm³/mol. The SMILES string of the molecule is C=C1/C=C(/C)C[C@H]2C[C@@H](OC(=O)/C=C(C)/C=C/C[C@H](O)C1)[C@@](C)([C@H](O)/C=C(\C)C[C@H](O)C(C)(C)[C@H](O)C[C@H](O)[C@@H](C)[C@H](O)C[C@@H](CC(=C)C(=O)CBr)OC(=O)CCCCCCCCCCCCCCC)O2. The molecule has 6 N–H and O–H groups in total. The third kappa shape index (κ3) is 24.0. The molecule has 0 saturated carbocycles. The van der Waals surface area contributed by atoms with Crippen LogP contribution >= 0.6 is 15.9 Å². The fourth-order valence-corrected chi connectivity index (χ4v) is 9.90. The van der Waals surface area contributed by atoms with Gasteiger partial charge in [0.1, 0.15) is 23.9 Å². The van der Waals surface area contributed by atoms with Crippen LogP contribution in [0.1, 0.15) is 197 Å². The summed E-state index contributed by atoms with van der Waals surface area (Å²) in [6, 6.07) is 0. The molecular weight excluding hydrogens is 969 g/mol. The number of ether oxygens (including phenoxy) is 3. The van der Waals surface area contributed by atoms with Crippen LogP contribution in [0, 0.1) is 11.3 Å². The van der Waals surface area contributed by atoms with Gasteiger partial charge in [0.05, 0.1) is 42.0 Å². The smallest absolute Gasteiger partial charge is 0.331 e. The maximum Gasteiger partial charge on any atom is 0.331 e. The summed E-state index contributed by atoms with van der Waals surface area (Å²) in [5.74, 6) is -2.02. The molecule has 2 rings (SSSR count). The van der Waals surface area contributed by atoms with Crippen LogP contribution in [0.5, 0.6) is 0 Å².